The van der Waals surface area contributed by atoms with E-state index in [4.69, 9.17) is 14.5 Å². The van der Waals surface area contributed by atoms with Crippen LogP contribution in [0.15, 0.2) is 60.9 Å². The molecule has 1 aliphatic rings. The van der Waals surface area contributed by atoms with E-state index in [9.17, 15) is 4.79 Å². The summed E-state index contributed by atoms with van der Waals surface area (Å²) in [5.74, 6) is 1.69. The highest BCUT2D eigenvalue weighted by atomic mass is 16.5. The standard InChI is InChI=1S/C23H24N6O3/c1-4-19(30)25-11-13-32-18-8-7-17-20(21(18)31-3)28-23(29-12-10-26-22(17)29)27-15(2)16-6-5-9-24-14-16/h4-9,14,26H,1-2,10-13H2,3H3,(H,25,30). The molecule has 0 unspecified atom stereocenters. The third-order valence-corrected chi connectivity index (χ3v) is 4.98. The van der Waals surface area contributed by atoms with Gasteiger partial charge in [-0.3, -0.25) is 14.3 Å². The fourth-order valence-electron chi connectivity index (χ4n) is 3.47. The summed E-state index contributed by atoms with van der Waals surface area (Å²) < 4.78 is 13.5. The van der Waals surface area contributed by atoms with Crippen LogP contribution in [-0.2, 0) is 11.3 Å². The van der Waals surface area contributed by atoms with Crippen molar-refractivity contribution in [1.29, 1.82) is 0 Å². The van der Waals surface area contributed by atoms with Crippen molar-refractivity contribution in [2.24, 2.45) is 4.99 Å². The first-order chi connectivity index (χ1) is 15.6. The van der Waals surface area contributed by atoms with Crippen LogP contribution in [0.3, 0.4) is 0 Å². The van der Waals surface area contributed by atoms with Crippen molar-refractivity contribution in [1.82, 2.24) is 19.9 Å². The van der Waals surface area contributed by atoms with Gasteiger partial charge in [0, 0.05) is 36.4 Å². The number of hydrogen-bond donors (Lipinski definition) is 2. The van der Waals surface area contributed by atoms with Gasteiger partial charge in [0.25, 0.3) is 0 Å². The molecular formula is C23H24N6O3. The molecular weight excluding hydrogens is 408 g/mol. The molecule has 1 aliphatic heterocycles. The zero-order valence-corrected chi connectivity index (χ0v) is 17.8. The second-order valence-corrected chi connectivity index (χ2v) is 6.98. The van der Waals surface area contributed by atoms with Crippen molar-refractivity contribution in [3.05, 3.63) is 67.1 Å². The van der Waals surface area contributed by atoms with Gasteiger partial charge in [0.05, 0.1) is 19.4 Å². The highest BCUT2D eigenvalue weighted by molar-refractivity contribution is 5.95. The molecule has 0 fully saturated rings. The Hall–Kier alpha value is -4.14. The van der Waals surface area contributed by atoms with Crippen molar-refractivity contribution < 1.29 is 14.3 Å². The first-order valence-corrected chi connectivity index (χ1v) is 10.1. The van der Waals surface area contributed by atoms with Crippen LogP contribution in [0, 0.1) is 0 Å². The van der Waals surface area contributed by atoms with E-state index in [1.807, 2.05) is 28.8 Å². The number of carbonyl (C=O) groups excluding carboxylic acids is 1. The minimum absolute atomic E-state index is 0.250. The van der Waals surface area contributed by atoms with E-state index in [0.29, 0.717) is 34.9 Å². The summed E-state index contributed by atoms with van der Waals surface area (Å²) in [6.45, 7) is 9.63. The Bertz CT molecular complexity index is 1250. The van der Waals surface area contributed by atoms with Gasteiger partial charge in [-0.15, -0.1) is 0 Å². The smallest absolute Gasteiger partial charge is 0.243 e. The van der Waals surface area contributed by atoms with E-state index in [1.165, 1.54) is 6.08 Å². The lowest BCUT2D eigenvalue weighted by molar-refractivity contribution is -0.116. The van der Waals surface area contributed by atoms with Gasteiger partial charge < -0.3 is 20.1 Å². The molecule has 9 nitrogen and oxygen atoms in total. The maximum absolute atomic E-state index is 11.3. The maximum Gasteiger partial charge on any atom is 0.243 e. The van der Waals surface area contributed by atoms with Crippen LogP contribution in [-0.4, -0.2) is 47.2 Å². The number of amides is 1. The number of nitrogens with one attached hydrogen (secondary N) is 2. The lowest BCUT2D eigenvalue weighted by Crippen LogP contribution is -2.26. The molecule has 32 heavy (non-hydrogen) atoms. The van der Waals surface area contributed by atoms with E-state index in [-0.39, 0.29) is 12.5 Å². The number of nitrogens with zero attached hydrogens (tertiary/aromatic N) is 4. The summed E-state index contributed by atoms with van der Waals surface area (Å²) in [6, 6.07) is 7.52. The number of benzene rings is 1. The Morgan fingerprint density at radius 1 is 1.41 bits per heavy atom. The predicted octanol–water partition coefficient (Wildman–Crippen LogP) is 2.12. The summed E-state index contributed by atoms with van der Waals surface area (Å²) in [7, 11) is 1.57. The molecule has 4 rings (SSSR count). The minimum atomic E-state index is -0.250. The number of hydrogen-bond acceptors (Lipinski definition) is 7. The maximum atomic E-state index is 11.3. The number of carbonyl (C=O) groups is 1. The van der Waals surface area contributed by atoms with Crippen molar-refractivity contribution in [2.75, 3.05) is 32.1 Å². The van der Waals surface area contributed by atoms with Gasteiger partial charge >= 0.3 is 0 Å². The van der Waals surface area contributed by atoms with Crippen LogP contribution < -0.4 is 25.7 Å². The number of anilines is 1. The van der Waals surface area contributed by atoms with Crippen LogP contribution in [0.1, 0.15) is 5.56 Å². The monoisotopic (exact) mass is 432 g/mol. The Morgan fingerprint density at radius 3 is 3.03 bits per heavy atom. The van der Waals surface area contributed by atoms with Gasteiger partial charge in [-0.1, -0.05) is 13.2 Å². The lowest BCUT2D eigenvalue weighted by Gasteiger charge is -2.15. The molecule has 0 atom stereocenters. The number of pyridine rings is 1. The van der Waals surface area contributed by atoms with Crippen molar-refractivity contribution in [3.8, 4) is 11.5 Å². The Morgan fingerprint density at radius 2 is 2.28 bits per heavy atom. The molecule has 0 spiro atoms. The van der Waals surface area contributed by atoms with E-state index in [0.717, 1.165) is 29.9 Å². The molecule has 0 radical (unpaired) electrons. The first-order valence-electron chi connectivity index (χ1n) is 10.1. The van der Waals surface area contributed by atoms with Gasteiger partial charge in [-0.2, -0.15) is 0 Å². The van der Waals surface area contributed by atoms with E-state index >= 15 is 0 Å². The normalized spacial score (nSPS) is 12.7. The molecule has 9 heteroatoms. The molecule has 1 amide bonds. The largest absolute Gasteiger partial charge is 0.491 e. The van der Waals surface area contributed by atoms with Crippen LogP contribution in [0.4, 0.5) is 5.82 Å². The fourth-order valence-corrected chi connectivity index (χ4v) is 3.47. The number of ether oxygens (including phenoxy) is 2. The average molecular weight is 432 g/mol. The van der Waals surface area contributed by atoms with Gasteiger partial charge in [0.2, 0.25) is 11.5 Å². The molecule has 3 heterocycles. The van der Waals surface area contributed by atoms with Gasteiger partial charge in [0.15, 0.2) is 11.5 Å². The van der Waals surface area contributed by atoms with Crippen LogP contribution in [0.5, 0.6) is 11.5 Å². The topological polar surface area (TPSA) is 103 Å². The number of aromatic nitrogens is 3. The molecule has 1 aromatic carbocycles. The highest BCUT2D eigenvalue weighted by Gasteiger charge is 2.20. The van der Waals surface area contributed by atoms with E-state index < -0.39 is 0 Å². The molecule has 3 aromatic rings. The van der Waals surface area contributed by atoms with E-state index in [2.05, 4.69) is 33.8 Å². The fraction of sp³-hybridized carbons (Fsp3) is 0.217. The first kappa shape index (κ1) is 21.1. The summed E-state index contributed by atoms with van der Waals surface area (Å²) in [6.07, 6.45) is 4.64. The van der Waals surface area contributed by atoms with Crippen LogP contribution in [0.25, 0.3) is 16.6 Å². The Balaban J connectivity index is 1.74. The van der Waals surface area contributed by atoms with Gasteiger partial charge in [0.1, 0.15) is 17.9 Å². The molecule has 0 saturated carbocycles. The third-order valence-electron chi connectivity index (χ3n) is 4.98. The predicted molar refractivity (Wildman–Crippen MR) is 122 cm³/mol. The third kappa shape index (κ3) is 4.18. The summed E-state index contributed by atoms with van der Waals surface area (Å²) in [5.41, 5.74) is 2.52. The summed E-state index contributed by atoms with van der Waals surface area (Å²) in [5, 5.41) is 6.98. The lowest BCUT2D eigenvalue weighted by atomic mass is 10.2. The Kier molecular flexibility index (Phi) is 6.16. The molecule has 0 saturated heterocycles. The summed E-state index contributed by atoms with van der Waals surface area (Å²) >= 11 is 0. The quantitative estimate of drug-likeness (QED) is 0.418. The van der Waals surface area contributed by atoms with Gasteiger partial charge in [-0.25, -0.2) is 9.98 Å². The van der Waals surface area contributed by atoms with Crippen molar-refractivity contribution in [2.45, 2.75) is 6.54 Å². The van der Waals surface area contributed by atoms with Crippen LogP contribution in [0.2, 0.25) is 0 Å². The molecule has 2 N–H and O–H groups in total. The number of fused-ring (bicyclic) bond motifs is 3. The molecule has 0 bridgehead atoms. The average Bonchev–Trinajstić information content (AvgIpc) is 3.32. The van der Waals surface area contributed by atoms with Crippen LogP contribution >= 0.6 is 0 Å². The zero-order chi connectivity index (χ0) is 22.5. The van der Waals surface area contributed by atoms with Crippen molar-refractivity contribution in [3.63, 3.8) is 0 Å². The molecule has 164 valence electrons. The SMILES string of the molecule is C=CC(=O)NCCOc1ccc2c3n(c(=NC(=C)c4cccnc4)nc2c1OC)CCN3. The zero-order valence-electron chi connectivity index (χ0n) is 17.8. The second kappa shape index (κ2) is 9.34. The second-order valence-electron chi connectivity index (χ2n) is 6.98. The summed E-state index contributed by atoms with van der Waals surface area (Å²) in [4.78, 5) is 24.9. The Labute approximate surface area is 185 Å². The molecule has 0 aliphatic carbocycles. The number of rotatable bonds is 8. The molecule has 2 aromatic heterocycles. The van der Waals surface area contributed by atoms with E-state index in [1.54, 1.807) is 19.5 Å². The van der Waals surface area contributed by atoms with Crippen molar-refractivity contribution >= 4 is 28.3 Å². The highest BCUT2D eigenvalue weighted by Crippen LogP contribution is 2.37. The number of methoxy groups -OCH3 is 1. The van der Waals surface area contributed by atoms with Gasteiger partial charge in [-0.05, 0) is 30.3 Å². The minimum Gasteiger partial charge on any atom is -0.491 e.